The van der Waals surface area contributed by atoms with E-state index in [1.165, 1.54) is 12.4 Å². The van der Waals surface area contributed by atoms with Crippen molar-refractivity contribution in [2.45, 2.75) is 0 Å². The lowest BCUT2D eigenvalue weighted by atomic mass is 10.3. The topological polar surface area (TPSA) is 130 Å². The molecule has 0 aliphatic heterocycles. The maximum Gasteiger partial charge on any atom is 0.270 e. The highest BCUT2D eigenvalue weighted by Gasteiger charge is 2.13. The first-order valence-electron chi connectivity index (χ1n) is 6.23. The van der Waals surface area contributed by atoms with E-state index < -0.39 is 5.91 Å². The van der Waals surface area contributed by atoms with E-state index >= 15 is 0 Å². The highest BCUT2D eigenvalue weighted by Crippen LogP contribution is 2.24. The number of amides is 1. The third-order valence-corrected chi connectivity index (χ3v) is 2.70. The van der Waals surface area contributed by atoms with Gasteiger partial charge in [0.15, 0.2) is 5.69 Å². The molecule has 0 saturated carbocycles. The maximum absolute atomic E-state index is 11.0. The second-order valence-corrected chi connectivity index (χ2v) is 4.32. The Bertz CT molecular complexity index is 831. The molecule has 4 N–H and O–H groups in total. The predicted octanol–water partition coefficient (Wildman–Crippen LogP) is 1.60. The molecule has 3 rings (SSSR count). The van der Waals surface area contributed by atoms with Gasteiger partial charge in [-0.05, 0) is 12.1 Å². The summed E-state index contributed by atoms with van der Waals surface area (Å²) in [4.78, 5) is 23.0. The number of aromatic nitrogens is 3. The molecule has 0 atom stereocenters. The lowest BCUT2D eigenvalue weighted by Crippen LogP contribution is -2.11. The van der Waals surface area contributed by atoms with E-state index in [-0.39, 0.29) is 17.5 Å². The van der Waals surface area contributed by atoms with Crippen molar-refractivity contribution in [3.63, 3.8) is 0 Å². The number of carbonyl (C=O) groups is 1. The van der Waals surface area contributed by atoms with E-state index in [9.17, 15) is 4.79 Å². The molecule has 0 spiro atoms. The Kier molecular flexibility index (Phi) is 3.40. The molecule has 8 heteroatoms. The number of primary amides is 1. The number of nitrogens with zero attached hydrogens (tertiary/aromatic N) is 3. The summed E-state index contributed by atoms with van der Waals surface area (Å²) in [5, 5.41) is 0. The van der Waals surface area contributed by atoms with E-state index in [1.54, 1.807) is 24.3 Å². The highest BCUT2D eigenvalue weighted by molar-refractivity contribution is 5.90. The molecule has 0 bridgehead atoms. The van der Waals surface area contributed by atoms with Crippen LogP contribution in [-0.2, 0) is 0 Å². The van der Waals surface area contributed by atoms with Crippen LogP contribution in [0, 0.1) is 0 Å². The van der Waals surface area contributed by atoms with Crippen LogP contribution in [0.2, 0.25) is 0 Å². The van der Waals surface area contributed by atoms with E-state index in [2.05, 4.69) is 15.0 Å². The third-order valence-electron chi connectivity index (χ3n) is 2.70. The lowest BCUT2D eigenvalue weighted by molar-refractivity contribution is 0.0995. The molecule has 0 saturated heterocycles. The van der Waals surface area contributed by atoms with Crippen LogP contribution in [0.3, 0.4) is 0 Å². The van der Waals surface area contributed by atoms with Crippen molar-refractivity contribution < 1.29 is 13.9 Å². The molecule has 110 valence electrons. The van der Waals surface area contributed by atoms with Gasteiger partial charge in [-0.15, -0.1) is 0 Å². The van der Waals surface area contributed by atoms with Gasteiger partial charge >= 0.3 is 0 Å². The smallest absolute Gasteiger partial charge is 0.270 e. The van der Waals surface area contributed by atoms with Crippen LogP contribution in [0.15, 0.2) is 47.3 Å². The molecule has 0 radical (unpaired) electrons. The first-order valence-corrected chi connectivity index (χ1v) is 6.23. The van der Waals surface area contributed by atoms with E-state index in [1.807, 2.05) is 0 Å². The second kappa shape index (κ2) is 5.52. The van der Waals surface area contributed by atoms with Crippen molar-refractivity contribution >= 4 is 11.6 Å². The van der Waals surface area contributed by atoms with Crippen LogP contribution in [0.25, 0.3) is 11.6 Å². The zero-order chi connectivity index (χ0) is 15.5. The normalized spacial score (nSPS) is 10.4. The molecule has 0 aliphatic rings. The molecule has 0 aliphatic carbocycles. The molecule has 1 amide bonds. The Morgan fingerprint density at radius 2 is 2.09 bits per heavy atom. The molecule has 22 heavy (non-hydrogen) atoms. The zero-order valence-corrected chi connectivity index (χ0v) is 11.3. The van der Waals surface area contributed by atoms with Crippen LogP contribution >= 0.6 is 0 Å². The molecule has 1 aromatic carbocycles. The second-order valence-electron chi connectivity index (χ2n) is 4.32. The highest BCUT2D eigenvalue weighted by atomic mass is 16.5. The van der Waals surface area contributed by atoms with Gasteiger partial charge in [0.25, 0.3) is 5.91 Å². The van der Waals surface area contributed by atoms with E-state index in [4.69, 9.17) is 20.6 Å². The number of carbonyl (C=O) groups excluding carboxylic acids is 1. The third kappa shape index (κ3) is 2.85. The fraction of sp³-hybridized carbons (Fsp3) is 0. The molecule has 0 fully saturated rings. The molecule has 2 aromatic heterocycles. The van der Waals surface area contributed by atoms with Crippen molar-refractivity contribution in [3.05, 3.63) is 48.6 Å². The van der Waals surface area contributed by atoms with Crippen molar-refractivity contribution in [2.75, 3.05) is 5.73 Å². The zero-order valence-electron chi connectivity index (χ0n) is 11.3. The summed E-state index contributed by atoms with van der Waals surface area (Å²) >= 11 is 0. The van der Waals surface area contributed by atoms with Gasteiger partial charge < -0.3 is 20.6 Å². The largest absolute Gasteiger partial charge is 0.442 e. The Labute approximate surface area is 124 Å². The Balaban J connectivity index is 1.87. The summed E-state index contributed by atoms with van der Waals surface area (Å²) in [6.45, 7) is 0. The van der Waals surface area contributed by atoms with E-state index in [0.29, 0.717) is 17.1 Å². The summed E-state index contributed by atoms with van der Waals surface area (Å²) in [6.07, 6.45) is 2.46. The fourth-order valence-electron chi connectivity index (χ4n) is 1.72. The number of benzene rings is 1. The maximum atomic E-state index is 11.0. The van der Waals surface area contributed by atoms with Gasteiger partial charge in [0.2, 0.25) is 11.8 Å². The number of hydrogen-bond acceptors (Lipinski definition) is 7. The van der Waals surface area contributed by atoms with Gasteiger partial charge in [-0.3, -0.25) is 4.79 Å². The van der Waals surface area contributed by atoms with Crippen molar-refractivity contribution in [1.29, 1.82) is 0 Å². The van der Waals surface area contributed by atoms with Gasteiger partial charge in [-0.1, -0.05) is 6.07 Å². The predicted molar refractivity (Wildman–Crippen MR) is 77.0 cm³/mol. The molecular formula is C14H11N5O3. The Hall–Kier alpha value is -3.42. The van der Waals surface area contributed by atoms with Gasteiger partial charge in [0.1, 0.15) is 24.0 Å². The summed E-state index contributed by atoms with van der Waals surface area (Å²) < 4.78 is 10.7. The summed E-state index contributed by atoms with van der Waals surface area (Å²) in [5.41, 5.74) is 11.8. The van der Waals surface area contributed by atoms with Crippen molar-refractivity contribution in [1.82, 2.24) is 15.0 Å². The van der Waals surface area contributed by atoms with Gasteiger partial charge in [-0.2, -0.15) is 0 Å². The van der Waals surface area contributed by atoms with Crippen LogP contribution in [0.5, 0.6) is 11.6 Å². The average molecular weight is 297 g/mol. The minimum Gasteiger partial charge on any atom is -0.442 e. The SMILES string of the molecule is NC(=O)c1coc(-c2cc(Oc3cccc(N)c3)ncn2)n1. The van der Waals surface area contributed by atoms with Crippen LogP contribution < -0.4 is 16.2 Å². The number of hydrogen-bond donors (Lipinski definition) is 2. The number of anilines is 1. The molecule has 0 unspecified atom stereocenters. The van der Waals surface area contributed by atoms with Crippen molar-refractivity contribution in [2.24, 2.45) is 5.73 Å². The molecule has 2 heterocycles. The van der Waals surface area contributed by atoms with E-state index in [0.717, 1.165) is 6.26 Å². The summed E-state index contributed by atoms with van der Waals surface area (Å²) in [7, 11) is 0. The number of ether oxygens (including phenoxy) is 1. The van der Waals surface area contributed by atoms with Crippen LogP contribution in [0.1, 0.15) is 10.5 Å². The molecule has 8 nitrogen and oxygen atoms in total. The minimum absolute atomic E-state index is 0.0203. The van der Waals surface area contributed by atoms with Gasteiger partial charge in [0, 0.05) is 17.8 Å². The number of nitrogens with two attached hydrogens (primary N) is 2. The average Bonchev–Trinajstić information content (AvgIpc) is 2.97. The summed E-state index contributed by atoms with van der Waals surface area (Å²) in [6, 6.07) is 8.45. The minimum atomic E-state index is -0.680. The van der Waals surface area contributed by atoms with Gasteiger partial charge in [0.05, 0.1) is 0 Å². The van der Waals surface area contributed by atoms with Gasteiger partial charge in [-0.25, -0.2) is 15.0 Å². The quantitative estimate of drug-likeness (QED) is 0.699. The summed E-state index contributed by atoms with van der Waals surface area (Å²) in [5.74, 6) is 0.290. The Morgan fingerprint density at radius 1 is 1.23 bits per heavy atom. The van der Waals surface area contributed by atoms with Crippen LogP contribution in [0.4, 0.5) is 5.69 Å². The first kappa shape index (κ1) is 13.6. The fourth-order valence-corrected chi connectivity index (χ4v) is 1.72. The standard InChI is InChI=1S/C14H11N5O3/c15-8-2-1-3-9(4-8)22-12-5-10(17-7-18-12)14-19-11(6-21-14)13(16)20/h1-7H,15H2,(H2,16,20). The number of rotatable bonds is 4. The van der Waals surface area contributed by atoms with Crippen molar-refractivity contribution in [3.8, 4) is 23.2 Å². The first-order chi connectivity index (χ1) is 10.6. The monoisotopic (exact) mass is 297 g/mol. The molecule has 3 aromatic rings. The lowest BCUT2D eigenvalue weighted by Gasteiger charge is -2.05. The number of nitrogen functional groups attached to an aromatic ring is 1. The molecular weight excluding hydrogens is 286 g/mol. The van der Waals surface area contributed by atoms with Crippen LogP contribution in [-0.4, -0.2) is 20.9 Å². The number of oxazole rings is 1. The Morgan fingerprint density at radius 3 is 2.82 bits per heavy atom.